The molecule has 2 fully saturated rings. The lowest BCUT2D eigenvalue weighted by atomic mass is 10.1. The van der Waals surface area contributed by atoms with Crippen LogP contribution in [0.4, 0.5) is 11.6 Å². The second-order valence-corrected chi connectivity index (χ2v) is 7.98. The highest BCUT2D eigenvalue weighted by Crippen LogP contribution is 2.21. The standard InChI is InChI=1S/C23H29N7O/c24-19-20-5-1-2-6-21(20)28-11-4-10-27(13-14-28)12-7-22(31)29-15-17-30(18-16-29)23-25-8-3-9-26-23/h1-3,5-6,8-9H,4,7,10-18H2. The van der Waals surface area contributed by atoms with Crippen LogP contribution in [0.3, 0.4) is 0 Å². The number of hydrogen-bond donors (Lipinski definition) is 0. The summed E-state index contributed by atoms with van der Waals surface area (Å²) in [5, 5.41) is 9.38. The molecule has 8 heteroatoms. The zero-order valence-corrected chi connectivity index (χ0v) is 17.9. The van der Waals surface area contributed by atoms with Gasteiger partial charge in [0.2, 0.25) is 11.9 Å². The molecule has 162 valence electrons. The van der Waals surface area contributed by atoms with Gasteiger partial charge in [-0.2, -0.15) is 5.26 Å². The smallest absolute Gasteiger partial charge is 0.225 e. The molecular weight excluding hydrogens is 390 g/mol. The maximum atomic E-state index is 12.7. The summed E-state index contributed by atoms with van der Waals surface area (Å²) in [5.74, 6) is 0.964. The Hall–Kier alpha value is -3.18. The maximum Gasteiger partial charge on any atom is 0.225 e. The fraction of sp³-hybridized carbons (Fsp3) is 0.478. The predicted molar refractivity (Wildman–Crippen MR) is 120 cm³/mol. The van der Waals surface area contributed by atoms with Gasteiger partial charge in [0.25, 0.3) is 0 Å². The molecule has 1 amide bonds. The normalized spacial score (nSPS) is 17.8. The third-order valence-corrected chi connectivity index (χ3v) is 6.06. The van der Waals surface area contributed by atoms with Crippen LogP contribution in [-0.2, 0) is 4.79 Å². The Balaban J connectivity index is 1.23. The van der Waals surface area contributed by atoms with Crippen molar-refractivity contribution in [2.45, 2.75) is 12.8 Å². The first kappa shape index (κ1) is 21.1. The zero-order valence-electron chi connectivity index (χ0n) is 17.9. The molecule has 0 saturated carbocycles. The number of nitrogens with zero attached hydrogens (tertiary/aromatic N) is 7. The van der Waals surface area contributed by atoms with Crippen molar-refractivity contribution in [3.8, 4) is 6.07 Å². The second-order valence-electron chi connectivity index (χ2n) is 7.98. The van der Waals surface area contributed by atoms with Gasteiger partial charge in [0, 0.05) is 71.2 Å². The van der Waals surface area contributed by atoms with Crippen LogP contribution in [0.25, 0.3) is 0 Å². The van der Waals surface area contributed by atoms with Crippen LogP contribution >= 0.6 is 0 Å². The average Bonchev–Trinajstić information content (AvgIpc) is 3.09. The number of anilines is 2. The number of aromatic nitrogens is 2. The minimum atomic E-state index is 0.226. The highest BCUT2D eigenvalue weighted by molar-refractivity contribution is 5.76. The summed E-state index contributed by atoms with van der Waals surface area (Å²) >= 11 is 0. The number of para-hydroxylation sites is 1. The van der Waals surface area contributed by atoms with E-state index in [2.05, 4.69) is 30.7 Å². The first-order valence-corrected chi connectivity index (χ1v) is 11.0. The molecule has 2 aliphatic rings. The molecule has 2 aliphatic heterocycles. The molecule has 0 unspecified atom stereocenters. The van der Waals surface area contributed by atoms with Crippen molar-refractivity contribution in [1.29, 1.82) is 5.26 Å². The van der Waals surface area contributed by atoms with E-state index in [1.54, 1.807) is 12.4 Å². The molecule has 2 saturated heterocycles. The van der Waals surface area contributed by atoms with Crippen molar-refractivity contribution in [3.63, 3.8) is 0 Å². The summed E-state index contributed by atoms with van der Waals surface area (Å²) in [5.41, 5.74) is 1.74. The maximum absolute atomic E-state index is 12.7. The molecule has 4 rings (SSSR count). The van der Waals surface area contributed by atoms with Gasteiger partial charge in [0.05, 0.1) is 11.3 Å². The Labute approximate surface area is 183 Å². The summed E-state index contributed by atoms with van der Waals surface area (Å²) in [4.78, 5) is 30.1. The molecule has 1 aromatic heterocycles. The van der Waals surface area contributed by atoms with Crippen molar-refractivity contribution in [2.24, 2.45) is 0 Å². The van der Waals surface area contributed by atoms with Crippen molar-refractivity contribution in [2.75, 3.05) is 68.7 Å². The molecule has 0 aliphatic carbocycles. The van der Waals surface area contributed by atoms with Gasteiger partial charge in [-0.05, 0) is 31.2 Å². The lowest BCUT2D eigenvalue weighted by Gasteiger charge is -2.35. The van der Waals surface area contributed by atoms with E-state index in [-0.39, 0.29) is 5.91 Å². The molecule has 2 aromatic rings. The van der Waals surface area contributed by atoms with E-state index >= 15 is 0 Å². The van der Waals surface area contributed by atoms with E-state index in [4.69, 9.17) is 0 Å². The van der Waals surface area contributed by atoms with Gasteiger partial charge in [0.1, 0.15) is 6.07 Å². The summed E-state index contributed by atoms with van der Waals surface area (Å²) < 4.78 is 0. The lowest BCUT2D eigenvalue weighted by molar-refractivity contribution is -0.131. The molecule has 8 nitrogen and oxygen atoms in total. The molecule has 0 atom stereocenters. The summed E-state index contributed by atoms with van der Waals surface area (Å²) in [7, 11) is 0. The number of hydrogen-bond acceptors (Lipinski definition) is 7. The van der Waals surface area contributed by atoms with Crippen LogP contribution in [0.2, 0.25) is 0 Å². The third-order valence-electron chi connectivity index (χ3n) is 6.06. The highest BCUT2D eigenvalue weighted by atomic mass is 16.2. The Bertz CT molecular complexity index is 906. The van der Waals surface area contributed by atoms with Crippen LogP contribution in [0.5, 0.6) is 0 Å². The molecule has 3 heterocycles. The SMILES string of the molecule is N#Cc1ccccc1N1CCCN(CCC(=O)N2CCN(c3ncccn3)CC2)CC1. The fourth-order valence-corrected chi connectivity index (χ4v) is 4.30. The van der Waals surface area contributed by atoms with Crippen LogP contribution in [-0.4, -0.2) is 84.6 Å². The molecule has 0 N–H and O–H groups in total. The Morgan fingerprint density at radius 2 is 1.65 bits per heavy atom. The van der Waals surface area contributed by atoms with E-state index in [0.29, 0.717) is 6.42 Å². The number of carbonyl (C=O) groups excluding carboxylic acids is 1. The number of rotatable bonds is 5. The molecule has 1 aromatic carbocycles. The molecular formula is C23H29N7O. The van der Waals surface area contributed by atoms with Crippen molar-refractivity contribution < 1.29 is 4.79 Å². The van der Waals surface area contributed by atoms with Gasteiger partial charge in [-0.15, -0.1) is 0 Å². The second kappa shape index (κ2) is 10.2. The Morgan fingerprint density at radius 3 is 2.42 bits per heavy atom. The van der Waals surface area contributed by atoms with E-state index in [1.807, 2.05) is 35.2 Å². The first-order valence-electron chi connectivity index (χ1n) is 11.0. The van der Waals surface area contributed by atoms with Crippen molar-refractivity contribution >= 4 is 17.5 Å². The summed E-state index contributed by atoms with van der Waals surface area (Å²) in [6, 6.07) is 11.9. The average molecular weight is 420 g/mol. The number of piperazine rings is 1. The summed E-state index contributed by atoms with van der Waals surface area (Å²) in [6.07, 6.45) is 5.09. The fourth-order valence-electron chi connectivity index (χ4n) is 4.30. The summed E-state index contributed by atoms with van der Waals surface area (Å²) in [6.45, 7) is 7.47. The van der Waals surface area contributed by atoms with Crippen molar-refractivity contribution in [3.05, 3.63) is 48.3 Å². The predicted octanol–water partition coefficient (Wildman–Crippen LogP) is 1.60. The number of nitriles is 1. The van der Waals surface area contributed by atoms with Gasteiger partial charge in [-0.1, -0.05) is 12.1 Å². The van der Waals surface area contributed by atoms with E-state index in [0.717, 1.165) is 82.5 Å². The van der Waals surface area contributed by atoms with Crippen LogP contribution < -0.4 is 9.80 Å². The van der Waals surface area contributed by atoms with Gasteiger partial charge in [-0.25, -0.2) is 9.97 Å². The van der Waals surface area contributed by atoms with Gasteiger partial charge < -0.3 is 19.6 Å². The third kappa shape index (κ3) is 5.30. The van der Waals surface area contributed by atoms with Crippen molar-refractivity contribution in [1.82, 2.24) is 19.8 Å². The molecule has 0 bridgehead atoms. The topological polar surface area (TPSA) is 79.6 Å². The molecule has 0 radical (unpaired) electrons. The van der Waals surface area contributed by atoms with Gasteiger partial charge >= 0.3 is 0 Å². The Morgan fingerprint density at radius 1 is 0.903 bits per heavy atom. The minimum absolute atomic E-state index is 0.226. The largest absolute Gasteiger partial charge is 0.369 e. The van der Waals surface area contributed by atoms with Gasteiger partial charge in [-0.3, -0.25) is 4.79 Å². The Kier molecular flexibility index (Phi) is 6.95. The number of benzene rings is 1. The van der Waals surface area contributed by atoms with Crippen LogP contribution in [0.15, 0.2) is 42.7 Å². The first-order chi connectivity index (χ1) is 15.2. The van der Waals surface area contributed by atoms with Gasteiger partial charge in [0.15, 0.2) is 0 Å². The molecule has 0 spiro atoms. The quantitative estimate of drug-likeness (QED) is 0.728. The number of amides is 1. The van der Waals surface area contributed by atoms with E-state index in [9.17, 15) is 10.1 Å². The van der Waals surface area contributed by atoms with E-state index in [1.165, 1.54) is 0 Å². The zero-order chi connectivity index (χ0) is 21.5. The monoisotopic (exact) mass is 419 g/mol. The minimum Gasteiger partial charge on any atom is -0.369 e. The highest BCUT2D eigenvalue weighted by Gasteiger charge is 2.23. The van der Waals surface area contributed by atoms with E-state index < -0.39 is 0 Å². The number of carbonyl (C=O) groups is 1. The lowest BCUT2D eigenvalue weighted by Crippen LogP contribution is -2.49. The van der Waals surface area contributed by atoms with Crippen LogP contribution in [0.1, 0.15) is 18.4 Å². The molecule has 31 heavy (non-hydrogen) atoms. The van der Waals surface area contributed by atoms with Crippen LogP contribution in [0, 0.1) is 11.3 Å².